The Morgan fingerprint density at radius 3 is 2.87 bits per heavy atom. The van der Waals surface area contributed by atoms with Crippen molar-refractivity contribution in [1.82, 2.24) is 4.90 Å². The minimum Gasteiger partial charge on any atom is -0.378 e. The third-order valence-corrected chi connectivity index (χ3v) is 5.90. The number of rotatable bonds is 5. The highest BCUT2D eigenvalue weighted by atomic mass is 32.2. The molecule has 1 aromatic carbocycles. The van der Waals surface area contributed by atoms with Crippen molar-refractivity contribution in [3.63, 3.8) is 0 Å². The first-order valence-electron chi connectivity index (χ1n) is 8.59. The van der Waals surface area contributed by atoms with Gasteiger partial charge >= 0.3 is 0 Å². The van der Waals surface area contributed by atoms with Gasteiger partial charge < -0.3 is 15.4 Å². The van der Waals surface area contributed by atoms with E-state index in [1.165, 1.54) is 11.1 Å². The van der Waals surface area contributed by atoms with Crippen molar-refractivity contribution < 1.29 is 9.53 Å². The molecule has 23 heavy (non-hydrogen) atoms. The summed E-state index contributed by atoms with van der Waals surface area (Å²) in [6.07, 6.45) is 4.15. The number of piperidine rings is 1. The van der Waals surface area contributed by atoms with E-state index in [1.54, 1.807) is 11.8 Å². The third kappa shape index (κ3) is 4.08. The predicted octanol–water partition coefficient (Wildman–Crippen LogP) is 2.37. The van der Waals surface area contributed by atoms with Gasteiger partial charge in [-0.1, -0.05) is 24.3 Å². The largest absolute Gasteiger partial charge is 0.378 e. The summed E-state index contributed by atoms with van der Waals surface area (Å²) in [5, 5.41) is -0.0188. The van der Waals surface area contributed by atoms with Gasteiger partial charge in [-0.3, -0.25) is 4.79 Å². The number of thioether (sulfide) groups is 1. The summed E-state index contributed by atoms with van der Waals surface area (Å²) >= 11 is 1.79. The summed E-state index contributed by atoms with van der Waals surface area (Å²) in [7, 11) is 0. The van der Waals surface area contributed by atoms with Crippen molar-refractivity contribution in [3.8, 4) is 0 Å². The molecule has 4 nitrogen and oxygen atoms in total. The van der Waals surface area contributed by atoms with E-state index in [2.05, 4.69) is 18.2 Å². The summed E-state index contributed by atoms with van der Waals surface area (Å²) in [5.74, 6) is 1.31. The lowest BCUT2D eigenvalue weighted by Gasteiger charge is -2.35. The fourth-order valence-electron chi connectivity index (χ4n) is 3.34. The average molecular weight is 334 g/mol. The number of fused-ring (bicyclic) bond motifs is 1. The highest BCUT2D eigenvalue weighted by Crippen LogP contribution is 2.38. The van der Waals surface area contributed by atoms with Crippen molar-refractivity contribution in [2.24, 2.45) is 5.73 Å². The van der Waals surface area contributed by atoms with Crippen LogP contribution in [0.5, 0.6) is 0 Å². The minimum absolute atomic E-state index is 0.0188. The van der Waals surface area contributed by atoms with Gasteiger partial charge in [0, 0.05) is 19.7 Å². The van der Waals surface area contributed by atoms with Crippen LogP contribution < -0.4 is 5.73 Å². The molecule has 0 saturated carbocycles. The molecule has 1 fully saturated rings. The Balaban J connectivity index is 1.56. The van der Waals surface area contributed by atoms with Gasteiger partial charge in [0.25, 0.3) is 0 Å². The minimum atomic E-state index is -0.0188. The summed E-state index contributed by atoms with van der Waals surface area (Å²) in [6.45, 7) is 3.04. The van der Waals surface area contributed by atoms with Crippen molar-refractivity contribution in [3.05, 3.63) is 35.4 Å². The van der Waals surface area contributed by atoms with Gasteiger partial charge in [-0.05, 0) is 49.1 Å². The third-order valence-electron chi connectivity index (χ3n) is 4.67. The first-order chi connectivity index (χ1) is 11.3. The standard InChI is InChI=1S/C18H26N2O2S/c19-9-3-12-22-15-6-10-20(11-7-15)18(21)17-16-5-2-1-4-14(16)8-13-23-17/h1-2,4-5,15,17H,3,6-13,19H2. The van der Waals surface area contributed by atoms with Crippen molar-refractivity contribution in [1.29, 1.82) is 0 Å². The highest BCUT2D eigenvalue weighted by molar-refractivity contribution is 8.00. The number of ether oxygens (including phenoxy) is 1. The van der Waals surface area contributed by atoms with Crippen LogP contribution in [0.2, 0.25) is 0 Å². The zero-order valence-corrected chi connectivity index (χ0v) is 14.4. The van der Waals surface area contributed by atoms with E-state index in [-0.39, 0.29) is 17.3 Å². The van der Waals surface area contributed by atoms with Crippen molar-refractivity contribution >= 4 is 17.7 Å². The maximum atomic E-state index is 12.9. The molecule has 0 radical (unpaired) electrons. The molecule has 126 valence electrons. The van der Waals surface area contributed by atoms with Gasteiger partial charge in [0.1, 0.15) is 5.25 Å². The molecule has 3 rings (SSSR count). The number of nitrogens with zero attached hydrogens (tertiary/aromatic N) is 1. The predicted molar refractivity (Wildman–Crippen MR) is 94.6 cm³/mol. The zero-order chi connectivity index (χ0) is 16.1. The van der Waals surface area contributed by atoms with Crippen LogP contribution in [0.1, 0.15) is 35.6 Å². The molecule has 1 aromatic rings. The van der Waals surface area contributed by atoms with Crippen LogP contribution in [-0.2, 0) is 16.0 Å². The number of aryl methyl sites for hydroxylation is 1. The van der Waals surface area contributed by atoms with E-state index in [0.717, 1.165) is 51.1 Å². The van der Waals surface area contributed by atoms with Crippen LogP contribution in [0.15, 0.2) is 24.3 Å². The number of hydrogen-bond donors (Lipinski definition) is 1. The summed E-state index contributed by atoms with van der Waals surface area (Å²) < 4.78 is 5.83. The van der Waals surface area contributed by atoms with Crippen LogP contribution in [-0.4, -0.2) is 48.9 Å². The molecule has 0 spiro atoms. The lowest BCUT2D eigenvalue weighted by atomic mass is 10.00. The molecular formula is C18H26N2O2S. The van der Waals surface area contributed by atoms with Gasteiger partial charge in [0.15, 0.2) is 0 Å². The maximum absolute atomic E-state index is 12.9. The SMILES string of the molecule is NCCCOC1CCN(C(=O)C2SCCc3ccccc32)CC1. The van der Waals surface area contributed by atoms with Gasteiger partial charge in [-0.2, -0.15) is 0 Å². The normalized spacial score (nSPS) is 22.0. The highest BCUT2D eigenvalue weighted by Gasteiger charge is 2.32. The van der Waals surface area contributed by atoms with Crippen molar-refractivity contribution in [2.45, 2.75) is 37.0 Å². The number of hydrogen-bond acceptors (Lipinski definition) is 4. The molecule has 0 bridgehead atoms. The number of amides is 1. The number of likely N-dealkylation sites (tertiary alicyclic amines) is 1. The molecule has 0 aromatic heterocycles. The van der Waals surface area contributed by atoms with Gasteiger partial charge in [0.2, 0.25) is 5.91 Å². The van der Waals surface area contributed by atoms with Crippen LogP contribution in [0, 0.1) is 0 Å². The van der Waals surface area contributed by atoms with E-state index in [0.29, 0.717) is 6.54 Å². The first kappa shape index (κ1) is 16.8. The molecule has 0 aliphatic carbocycles. The molecule has 2 aliphatic heterocycles. The molecule has 2 N–H and O–H groups in total. The van der Waals surface area contributed by atoms with Crippen LogP contribution in [0.3, 0.4) is 0 Å². The number of nitrogens with two attached hydrogens (primary N) is 1. The van der Waals surface area contributed by atoms with E-state index in [1.807, 2.05) is 11.0 Å². The summed E-state index contributed by atoms with van der Waals surface area (Å²) in [5.41, 5.74) is 8.05. The Hall–Kier alpha value is -1.04. The molecule has 1 saturated heterocycles. The zero-order valence-electron chi connectivity index (χ0n) is 13.6. The van der Waals surface area contributed by atoms with Crippen molar-refractivity contribution in [2.75, 3.05) is 32.0 Å². The van der Waals surface area contributed by atoms with E-state index < -0.39 is 0 Å². The second-order valence-electron chi connectivity index (χ2n) is 6.24. The number of carbonyl (C=O) groups excluding carboxylic acids is 1. The fraction of sp³-hybridized carbons (Fsp3) is 0.611. The lowest BCUT2D eigenvalue weighted by Crippen LogP contribution is -2.43. The Bertz CT molecular complexity index is 530. The first-order valence-corrected chi connectivity index (χ1v) is 9.64. The second kappa shape index (κ2) is 8.18. The van der Waals surface area contributed by atoms with Crippen LogP contribution in [0.25, 0.3) is 0 Å². The molecule has 2 aliphatic rings. The topological polar surface area (TPSA) is 55.6 Å². The maximum Gasteiger partial charge on any atom is 0.240 e. The van der Waals surface area contributed by atoms with Crippen LogP contribution >= 0.6 is 11.8 Å². The quantitative estimate of drug-likeness (QED) is 0.840. The molecule has 1 atom stereocenters. The van der Waals surface area contributed by atoms with E-state index in [4.69, 9.17) is 10.5 Å². The molecule has 2 heterocycles. The second-order valence-corrected chi connectivity index (χ2v) is 7.45. The molecular weight excluding hydrogens is 308 g/mol. The van der Waals surface area contributed by atoms with Crippen LogP contribution in [0.4, 0.5) is 0 Å². The summed E-state index contributed by atoms with van der Waals surface area (Å²) in [6, 6.07) is 8.39. The Morgan fingerprint density at radius 1 is 1.30 bits per heavy atom. The monoisotopic (exact) mass is 334 g/mol. The number of benzene rings is 1. The van der Waals surface area contributed by atoms with Gasteiger partial charge in [0.05, 0.1) is 6.10 Å². The average Bonchev–Trinajstić information content (AvgIpc) is 2.61. The fourth-order valence-corrected chi connectivity index (χ4v) is 4.62. The molecule has 1 amide bonds. The Kier molecular flexibility index (Phi) is 5.97. The van der Waals surface area contributed by atoms with Gasteiger partial charge in [-0.25, -0.2) is 0 Å². The Morgan fingerprint density at radius 2 is 2.09 bits per heavy atom. The Labute approximate surface area is 142 Å². The molecule has 1 unspecified atom stereocenters. The molecule has 5 heteroatoms. The van der Waals surface area contributed by atoms with Gasteiger partial charge in [-0.15, -0.1) is 11.8 Å². The van der Waals surface area contributed by atoms with E-state index >= 15 is 0 Å². The smallest absolute Gasteiger partial charge is 0.240 e. The van der Waals surface area contributed by atoms with E-state index in [9.17, 15) is 4.79 Å². The number of carbonyl (C=O) groups is 1. The lowest BCUT2D eigenvalue weighted by molar-refractivity contribution is -0.133. The summed E-state index contributed by atoms with van der Waals surface area (Å²) in [4.78, 5) is 15.0.